The quantitative estimate of drug-likeness (QED) is 0.656. The number of hydrogen-bond acceptors (Lipinski definition) is 5. The molecule has 2 aromatic rings. The minimum absolute atomic E-state index is 0.0789. The van der Waals surface area contributed by atoms with Gasteiger partial charge in [0.1, 0.15) is 5.03 Å². The number of thiophene rings is 1. The average Bonchev–Trinajstić information content (AvgIpc) is 2.96. The second-order valence-corrected chi connectivity index (χ2v) is 6.35. The molecule has 0 aliphatic carbocycles. The van der Waals surface area contributed by atoms with Gasteiger partial charge < -0.3 is 5.32 Å². The van der Waals surface area contributed by atoms with Crippen molar-refractivity contribution in [2.45, 2.75) is 18.4 Å². The maximum atomic E-state index is 12.1. The number of carbonyl (C=O) groups excluding carboxylic acids is 2. The summed E-state index contributed by atoms with van der Waals surface area (Å²) >= 11 is 2.93. The van der Waals surface area contributed by atoms with Crippen LogP contribution in [0.1, 0.15) is 31.8 Å². The summed E-state index contributed by atoms with van der Waals surface area (Å²) in [4.78, 5) is 29.4. The van der Waals surface area contributed by atoms with Crippen molar-refractivity contribution in [2.24, 2.45) is 0 Å². The van der Waals surface area contributed by atoms with Crippen LogP contribution in [0.25, 0.3) is 0 Å². The molecule has 0 bridgehead atoms. The third-order valence-corrected chi connectivity index (χ3v) is 4.83. The van der Waals surface area contributed by atoms with Crippen LogP contribution in [0.15, 0.2) is 35.5 Å². The Morgan fingerprint density at radius 3 is 2.81 bits per heavy atom. The Morgan fingerprint density at radius 2 is 2.14 bits per heavy atom. The van der Waals surface area contributed by atoms with Crippen molar-refractivity contribution >= 4 is 34.8 Å². The molecule has 1 amide bonds. The van der Waals surface area contributed by atoms with E-state index in [0.717, 1.165) is 21.2 Å². The van der Waals surface area contributed by atoms with Gasteiger partial charge in [0.05, 0.1) is 10.4 Å². The summed E-state index contributed by atoms with van der Waals surface area (Å²) < 4.78 is 0. The van der Waals surface area contributed by atoms with Crippen molar-refractivity contribution in [3.05, 3.63) is 45.8 Å². The van der Waals surface area contributed by atoms with Gasteiger partial charge in [0.15, 0.2) is 5.78 Å². The van der Waals surface area contributed by atoms with Crippen LogP contribution in [0.2, 0.25) is 0 Å². The lowest BCUT2D eigenvalue weighted by Crippen LogP contribution is -2.26. The van der Waals surface area contributed by atoms with E-state index in [1.54, 1.807) is 25.3 Å². The van der Waals surface area contributed by atoms with Crippen molar-refractivity contribution in [3.8, 4) is 0 Å². The van der Waals surface area contributed by atoms with Crippen molar-refractivity contribution < 1.29 is 9.59 Å². The first-order chi connectivity index (χ1) is 10.1. The van der Waals surface area contributed by atoms with Crippen molar-refractivity contribution in [2.75, 3.05) is 12.8 Å². The predicted molar refractivity (Wildman–Crippen MR) is 86.4 cm³/mol. The van der Waals surface area contributed by atoms with Gasteiger partial charge in [-0.05, 0) is 43.9 Å². The molecule has 0 unspecified atom stereocenters. The predicted octanol–water partition coefficient (Wildman–Crippen LogP) is 3.04. The molecule has 2 rings (SSSR count). The number of Topliss-reactive ketones (excluding diaryl/α,β-unsaturated/α-hetero) is 1. The number of carbonyl (C=O) groups is 2. The monoisotopic (exact) mass is 320 g/mol. The van der Waals surface area contributed by atoms with Crippen LogP contribution in [0.3, 0.4) is 0 Å². The molecule has 21 heavy (non-hydrogen) atoms. The highest BCUT2D eigenvalue weighted by atomic mass is 32.2. The average molecular weight is 320 g/mol. The van der Waals surface area contributed by atoms with Crippen LogP contribution in [-0.4, -0.2) is 29.5 Å². The first-order valence-corrected chi connectivity index (χ1v) is 8.53. The van der Waals surface area contributed by atoms with Crippen LogP contribution >= 0.6 is 23.1 Å². The highest BCUT2D eigenvalue weighted by molar-refractivity contribution is 7.98. The number of rotatable bonds is 6. The van der Waals surface area contributed by atoms with Crippen molar-refractivity contribution in [1.29, 1.82) is 0 Å². The van der Waals surface area contributed by atoms with Crippen LogP contribution < -0.4 is 5.32 Å². The van der Waals surface area contributed by atoms with Gasteiger partial charge in [0.25, 0.3) is 5.91 Å². The van der Waals surface area contributed by atoms with E-state index in [-0.39, 0.29) is 11.7 Å². The fourth-order valence-corrected chi connectivity index (χ4v) is 3.27. The zero-order chi connectivity index (χ0) is 15.2. The fourth-order valence-electron chi connectivity index (χ4n) is 1.82. The maximum Gasteiger partial charge on any atom is 0.254 e. The zero-order valence-corrected chi connectivity index (χ0v) is 13.5. The summed E-state index contributed by atoms with van der Waals surface area (Å²) in [6, 6.07) is 7.29. The molecule has 0 saturated heterocycles. The number of amides is 1. The van der Waals surface area contributed by atoms with Gasteiger partial charge in [-0.2, -0.15) is 0 Å². The highest BCUT2D eigenvalue weighted by Crippen LogP contribution is 2.18. The van der Waals surface area contributed by atoms with E-state index < -0.39 is 0 Å². The van der Waals surface area contributed by atoms with Gasteiger partial charge in [-0.25, -0.2) is 4.98 Å². The third-order valence-electron chi connectivity index (χ3n) is 2.87. The van der Waals surface area contributed by atoms with E-state index in [9.17, 15) is 9.59 Å². The Kier molecular flexibility index (Phi) is 5.52. The van der Waals surface area contributed by atoms with Gasteiger partial charge in [-0.3, -0.25) is 9.59 Å². The minimum atomic E-state index is -0.115. The molecule has 110 valence electrons. The SMILES string of the molecule is CSc1ncccc1C(=O)NCCc1ccc(C(C)=O)s1. The standard InChI is InChI=1S/C15H16N2O2S2/c1-10(18)13-6-5-11(21-13)7-9-16-14(19)12-4-3-8-17-15(12)20-2/h3-6,8H,7,9H2,1-2H3,(H,16,19). The smallest absolute Gasteiger partial charge is 0.254 e. The molecule has 0 saturated carbocycles. The molecule has 0 aliphatic rings. The van der Waals surface area contributed by atoms with E-state index in [2.05, 4.69) is 10.3 Å². The Balaban J connectivity index is 1.90. The van der Waals surface area contributed by atoms with Gasteiger partial charge in [0.2, 0.25) is 0 Å². The van der Waals surface area contributed by atoms with Crippen LogP contribution in [0.5, 0.6) is 0 Å². The molecule has 1 N–H and O–H groups in total. The van der Waals surface area contributed by atoms with Crippen LogP contribution in [-0.2, 0) is 6.42 Å². The number of nitrogens with zero attached hydrogens (tertiary/aromatic N) is 1. The summed E-state index contributed by atoms with van der Waals surface area (Å²) in [7, 11) is 0. The molecule has 0 radical (unpaired) electrons. The zero-order valence-electron chi connectivity index (χ0n) is 11.9. The number of hydrogen-bond donors (Lipinski definition) is 1. The first kappa shape index (κ1) is 15.7. The minimum Gasteiger partial charge on any atom is -0.352 e. The Labute approximate surface area is 132 Å². The van der Waals surface area contributed by atoms with Crippen molar-refractivity contribution in [3.63, 3.8) is 0 Å². The number of thioether (sulfide) groups is 1. The molecule has 0 fully saturated rings. The summed E-state index contributed by atoms with van der Waals surface area (Å²) in [5, 5.41) is 3.62. The van der Waals surface area contributed by atoms with Gasteiger partial charge in [-0.1, -0.05) is 0 Å². The molecule has 0 spiro atoms. The van der Waals surface area contributed by atoms with E-state index in [1.165, 1.54) is 23.1 Å². The Bertz CT molecular complexity index is 653. The van der Waals surface area contributed by atoms with E-state index in [1.807, 2.05) is 18.4 Å². The summed E-state index contributed by atoms with van der Waals surface area (Å²) in [5.74, 6) is -0.0361. The lowest BCUT2D eigenvalue weighted by molar-refractivity contribution is 0.0949. The second-order valence-electron chi connectivity index (χ2n) is 4.39. The Hall–Kier alpha value is -1.66. The van der Waals surface area contributed by atoms with E-state index >= 15 is 0 Å². The van der Waals surface area contributed by atoms with Crippen LogP contribution in [0.4, 0.5) is 0 Å². The lowest BCUT2D eigenvalue weighted by Gasteiger charge is -2.07. The molecule has 4 nitrogen and oxygen atoms in total. The largest absolute Gasteiger partial charge is 0.352 e. The van der Waals surface area contributed by atoms with E-state index in [4.69, 9.17) is 0 Å². The Morgan fingerprint density at radius 1 is 1.33 bits per heavy atom. The number of pyridine rings is 1. The summed E-state index contributed by atoms with van der Waals surface area (Å²) in [6.07, 6.45) is 4.30. The van der Waals surface area contributed by atoms with Gasteiger partial charge >= 0.3 is 0 Å². The number of nitrogens with one attached hydrogen (secondary N) is 1. The molecule has 0 atom stereocenters. The molecular weight excluding hydrogens is 304 g/mol. The second kappa shape index (κ2) is 7.38. The maximum absolute atomic E-state index is 12.1. The van der Waals surface area contributed by atoms with E-state index in [0.29, 0.717) is 12.1 Å². The van der Waals surface area contributed by atoms with Gasteiger partial charge in [0, 0.05) is 17.6 Å². The first-order valence-electron chi connectivity index (χ1n) is 6.48. The topological polar surface area (TPSA) is 59.1 Å². The summed E-state index contributed by atoms with van der Waals surface area (Å²) in [6.45, 7) is 2.10. The summed E-state index contributed by atoms with van der Waals surface area (Å²) in [5.41, 5.74) is 0.598. The molecule has 0 aliphatic heterocycles. The lowest BCUT2D eigenvalue weighted by atomic mass is 10.2. The third kappa shape index (κ3) is 4.15. The molecule has 2 heterocycles. The molecular formula is C15H16N2O2S2. The highest BCUT2D eigenvalue weighted by Gasteiger charge is 2.11. The normalized spacial score (nSPS) is 10.4. The van der Waals surface area contributed by atoms with Crippen LogP contribution in [0, 0.1) is 0 Å². The molecule has 2 aromatic heterocycles. The fraction of sp³-hybridized carbons (Fsp3) is 0.267. The number of ketones is 1. The van der Waals surface area contributed by atoms with Crippen molar-refractivity contribution in [1.82, 2.24) is 10.3 Å². The van der Waals surface area contributed by atoms with Gasteiger partial charge in [-0.15, -0.1) is 23.1 Å². The molecule has 6 heteroatoms. The number of aromatic nitrogens is 1. The molecule has 0 aromatic carbocycles.